The van der Waals surface area contributed by atoms with Crippen LogP contribution in [0.1, 0.15) is 99.1 Å². The van der Waals surface area contributed by atoms with E-state index in [4.69, 9.17) is 18.9 Å². The summed E-state index contributed by atoms with van der Waals surface area (Å²) in [5.74, 6) is 1.22. The first-order valence-corrected chi connectivity index (χ1v) is 20.2. The van der Waals surface area contributed by atoms with Gasteiger partial charge in [-0.3, -0.25) is 18.7 Å². The Morgan fingerprint density at radius 3 is 1.82 bits per heavy atom. The molecule has 0 spiro atoms. The number of aryl methyl sites for hydroxylation is 1. The number of rotatable bonds is 13. The Kier molecular flexibility index (Phi) is 12.4. The van der Waals surface area contributed by atoms with Crippen LogP contribution in [0.4, 0.5) is 0 Å². The zero-order valence-corrected chi connectivity index (χ0v) is 32.8. The van der Waals surface area contributed by atoms with Gasteiger partial charge in [-0.05, 0) is 73.6 Å². The van der Waals surface area contributed by atoms with Gasteiger partial charge in [0.1, 0.15) is 36.0 Å². The quantitative estimate of drug-likeness (QED) is 0.154. The molecule has 298 valence electrons. The van der Waals surface area contributed by atoms with Gasteiger partial charge >= 0.3 is 5.69 Å². The first-order valence-electron chi connectivity index (χ1n) is 20.2. The number of carbonyl (C=O) groups excluding carboxylic acids is 1. The average molecular weight is 766 g/mol. The van der Waals surface area contributed by atoms with E-state index >= 15 is 0 Å². The van der Waals surface area contributed by atoms with Crippen molar-refractivity contribution >= 4 is 5.91 Å². The number of amides is 1. The first-order chi connectivity index (χ1) is 27.2. The summed E-state index contributed by atoms with van der Waals surface area (Å²) < 4.78 is 26.8. The highest BCUT2D eigenvalue weighted by Gasteiger charge is 2.42. The molecular formula is C45H55N3O8. The Bertz CT molecular complexity index is 1970. The SMILES string of the molecule is COc1ccc(C(OC[C@H]2O[C@@H](n3cc(C)c(=O)n(CC(=O)N(C4CCCCC4)C4CCCCC4)c3=O)C[C@@H]2O)(c2ccccc2)c2ccc(OC)cc2)cc1. The smallest absolute Gasteiger partial charge is 0.333 e. The molecule has 11 heteroatoms. The van der Waals surface area contributed by atoms with Crippen LogP contribution in [0.3, 0.4) is 0 Å². The molecule has 3 fully saturated rings. The molecule has 2 aliphatic carbocycles. The Labute approximate surface area is 328 Å². The molecule has 11 nitrogen and oxygen atoms in total. The molecule has 1 amide bonds. The van der Waals surface area contributed by atoms with Crippen molar-refractivity contribution in [2.45, 2.75) is 120 Å². The summed E-state index contributed by atoms with van der Waals surface area (Å²) in [4.78, 5) is 43.9. The van der Waals surface area contributed by atoms with Gasteiger partial charge in [-0.15, -0.1) is 0 Å². The van der Waals surface area contributed by atoms with Gasteiger partial charge in [0.25, 0.3) is 5.56 Å². The summed E-state index contributed by atoms with van der Waals surface area (Å²) in [5.41, 5.74) is 0.588. The highest BCUT2D eigenvalue weighted by molar-refractivity contribution is 5.76. The highest BCUT2D eigenvalue weighted by Crippen LogP contribution is 2.43. The number of ether oxygens (including phenoxy) is 4. The van der Waals surface area contributed by atoms with Crippen LogP contribution in [0.25, 0.3) is 0 Å². The summed E-state index contributed by atoms with van der Waals surface area (Å²) in [6.07, 6.45) is 9.37. The first kappa shape index (κ1) is 39.5. The van der Waals surface area contributed by atoms with E-state index in [9.17, 15) is 19.5 Å². The van der Waals surface area contributed by atoms with E-state index in [1.807, 2.05) is 83.8 Å². The third-order valence-corrected chi connectivity index (χ3v) is 12.0. The van der Waals surface area contributed by atoms with Crippen LogP contribution >= 0.6 is 0 Å². The second-order valence-electron chi connectivity index (χ2n) is 15.5. The van der Waals surface area contributed by atoms with Crippen LogP contribution in [0.2, 0.25) is 0 Å². The van der Waals surface area contributed by atoms with E-state index in [0.29, 0.717) is 17.1 Å². The van der Waals surface area contributed by atoms with Crippen LogP contribution in [-0.4, -0.2) is 70.2 Å². The van der Waals surface area contributed by atoms with Crippen molar-refractivity contribution in [1.29, 1.82) is 0 Å². The van der Waals surface area contributed by atoms with Crippen molar-refractivity contribution in [3.63, 3.8) is 0 Å². The van der Waals surface area contributed by atoms with E-state index in [1.54, 1.807) is 21.1 Å². The van der Waals surface area contributed by atoms with Gasteiger partial charge in [0, 0.05) is 30.3 Å². The van der Waals surface area contributed by atoms with Crippen molar-refractivity contribution in [3.05, 3.63) is 128 Å². The second-order valence-corrected chi connectivity index (χ2v) is 15.5. The van der Waals surface area contributed by atoms with Gasteiger partial charge in [0.05, 0.1) is 26.9 Å². The van der Waals surface area contributed by atoms with Gasteiger partial charge in [-0.1, -0.05) is 93.1 Å². The number of carbonyl (C=O) groups is 1. The molecule has 2 heterocycles. The molecular weight excluding hydrogens is 711 g/mol. The zero-order valence-electron chi connectivity index (χ0n) is 32.8. The Balaban J connectivity index is 1.17. The summed E-state index contributed by atoms with van der Waals surface area (Å²) in [6.45, 7) is 1.29. The Morgan fingerprint density at radius 1 is 0.786 bits per heavy atom. The monoisotopic (exact) mass is 765 g/mol. The molecule has 0 unspecified atom stereocenters. The normalized spacial score (nSPS) is 20.8. The minimum atomic E-state index is -1.13. The van der Waals surface area contributed by atoms with Crippen molar-refractivity contribution < 1.29 is 28.8 Å². The number of aliphatic hydroxyl groups excluding tert-OH is 1. The lowest BCUT2D eigenvalue weighted by Crippen LogP contribution is -2.52. The molecule has 1 aromatic heterocycles. The summed E-state index contributed by atoms with van der Waals surface area (Å²) >= 11 is 0. The van der Waals surface area contributed by atoms with Crippen LogP contribution in [0, 0.1) is 6.92 Å². The standard InChI is InChI=1S/C45H55N3O8/c1-31-28-46(44(52)47(43(31)51)29-41(50)48(35-15-9-5-10-16-35)36-17-11-6-12-18-36)42-27-39(49)40(56-42)30-55-45(32-13-7-4-8-14-32,33-19-23-37(53-2)24-20-33)34-21-25-38(54-3)26-22-34/h4,7-8,13-14,19-26,28,35-36,39-40,42,49H,5-6,9-12,15-18,27,29-30H2,1-3H3/t39-,40+,42+/m0/s1. The van der Waals surface area contributed by atoms with E-state index in [1.165, 1.54) is 23.6 Å². The molecule has 2 saturated carbocycles. The third kappa shape index (κ3) is 8.08. The highest BCUT2D eigenvalue weighted by atomic mass is 16.6. The number of hydrogen-bond acceptors (Lipinski definition) is 8. The average Bonchev–Trinajstić information content (AvgIpc) is 3.62. The predicted molar refractivity (Wildman–Crippen MR) is 213 cm³/mol. The van der Waals surface area contributed by atoms with E-state index in [-0.39, 0.29) is 37.6 Å². The maximum atomic E-state index is 14.2. The lowest BCUT2D eigenvalue weighted by atomic mass is 9.80. The van der Waals surface area contributed by atoms with Gasteiger partial charge < -0.3 is 29.0 Å². The van der Waals surface area contributed by atoms with Crippen molar-refractivity contribution in [3.8, 4) is 11.5 Å². The number of benzene rings is 3. The van der Waals surface area contributed by atoms with E-state index in [2.05, 4.69) is 0 Å². The second kappa shape index (κ2) is 17.6. The topological polar surface area (TPSA) is 121 Å². The number of aromatic nitrogens is 2. The van der Waals surface area contributed by atoms with Crippen LogP contribution in [-0.2, 0) is 26.4 Å². The fourth-order valence-corrected chi connectivity index (χ4v) is 9.06. The molecule has 1 saturated heterocycles. The minimum Gasteiger partial charge on any atom is -0.497 e. The molecule has 0 bridgehead atoms. The van der Waals surface area contributed by atoms with Crippen molar-refractivity contribution in [1.82, 2.24) is 14.0 Å². The fraction of sp³-hybridized carbons (Fsp3) is 0.489. The van der Waals surface area contributed by atoms with Crippen LogP contribution < -0.4 is 20.7 Å². The lowest BCUT2D eigenvalue weighted by molar-refractivity contribution is -0.138. The van der Waals surface area contributed by atoms with Gasteiger partial charge in [0.15, 0.2) is 0 Å². The Hall–Kier alpha value is -4.71. The maximum absolute atomic E-state index is 14.2. The summed E-state index contributed by atoms with van der Waals surface area (Å²) in [5, 5.41) is 11.5. The van der Waals surface area contributed by atoms with Gasteiger partial charge in [-0.2, -0.15) is 0 Å². The van der Waals surface area contributed by atoms with E-state index in [0.717, 1.165) is 72.6 Å². The molecule has 3 aromatic carbocycles. The van der Waals surface area contributed by atoms with Crippen molar-refractivity contribution in [2.75, 3.05) is 20.8 Å². The molecule has 7 rings (SSSR count). The minimum absolute atomic E-state index is 0.0335. The molecule has 56 heavy (non-hydrogen) atoms. The number of nitrogens with zero attached hydrogens (tertiary/aromatic N) is 3. The third-order valence-electron chi connectivity index (χ3n) is 12.0. The lowest BCUT2D eigenvalue weighted by Gasteiger charge is -2.42. The summed E-state index contributed by atoms with van der Waals surface area (Å²) in [6, 6.07) is 25.5. The predicted octanol–water partition coefficient (Wildman–Crippen LogP) is 6.49. The zero-order chi connectivity index (χ0) is 39.2. The van der Waals surface area contributed by atoms with Gasteiger partial charge in [-0.25, -0.2) is 4.79 Å². The molecule has 1 N–H and O–H groups in total. The molecule has 3 aliphatic rings. The molecule has 1 aliphatic heterocycles. The summed E-state index contributed by atoms with van der Waals surface area (Å²) in [7, 11) is 3.24. The fourth-order valence-electron chi connectivity index (χ4n) is 9.06. The molecule has 3 atom stereocenters. The van der Waals surface area contributed by atoms with Gasteiger partial charge in [0.2, 0.25) is 5.91 Å². The number of aliphatic hydroxyl groups is 1. The maximum Gasteiger partial charge on any atom is 0.333 e. The van der Waals surface area contributed by atoms with Crippen LogP contribution in [0.15, 0.2) is 94.6 Å². The van der Waals surface area contributed by atoms with Crippen LogP contribution in [0.5, 0.6) is 11.5 Å². The number of methoxy groups -OCH3 is 2. The Morgan fingerprint density at radius 2 is 1.30 bits per heavy atom. The van der Waals surface area contributed by atoms with E-state index < -0.39 is 35.3 Å². The largest absolute Gasteiger partial charge is 0.497 e. The molecule has 4 aromatic rings. The molecule has 0 radical (unpaired) electrons. The number of hydrogen-bond donors (Lipinski definition) is 1. The van der Waals surface area contributed by atoms with Crippen molar-refractivity contribution in [2.24, 2.45) is 0 Å².